The number of hydrogen-bond donors (Lipinski definition) is 1. The second-order valence-electron chi connectivity index (χ2n) is 5.92. The molecule has 0 saturated heterocycles. The average molecular weight is 361 g/mol. The Hall–Kier alpha value is -2.53. The van der Waals surface area contributed by atoms with Gasteiger partial charge in [-0.05, 0) is 61.4 Å². The van der Waals surface area contributed by atoms with Crippen molar-refractivity contribution < 1.29 is 14.3 Å². The Bertz CT molecular complexity index is 740. The maximum atomic E-state index is 12.1. The Kier molecular flexibility index (Phi) is 6.42. The molecule has 0 fully saturated rings. The van der Waals surface area contributed by atoms with Crippen LogP contribution in [0.4, 0.5) is 5.69 Å². The Balaban J connectivity index is 1.82. The number of aryl methyl sites for hydroxylation is 2. The minimum absolute atomic E-state index is 0.0579. The van der Waals surface area contributed by atoms with Gasteiger partial charge in [0.15, 0.2) is 6.61 Å². The minimum Gasteiger partial charge on any atom is -0.484 e. The third kappa shape index (κ3) is 6.12. The number of carbonyl (C=O) groups is 2. The quantitative estimate of drug-likeness (QED) is 0.858. The Morgan fingerprint density at radius 3 is 2.28 bits per heavy atom. The molecule has 0 saturated carbocycles. The van der Waals surface area contributed by atoms with Crippen LogP contribution in [0.15, 0.2) is 42.5 Å². The van der Waals surface area contributed by atoms with Gasteiger partial charge in [0.05, 0.1) is 6.54 Å². The largest absolute Gasteiger partial charge is 0.484 e. The van der Waals surface area contributed by atoms with Gasteiger partial charge in [-0.25, -0.2) is 0 Å². The molecule has 0 atom stereocenters. The summed E-state index contributed by atoms with van der Waals surface area (Å²) in [6.45, 7) is 3.76. The van der Waals surface area contributed by atoms with Crippen LogP contribution in [0.3, 0.4) is 0 Å². The van der Waals surface area contributed by atoms with Gasteiger partial charge < -0.3 is 15.0 Å². The van der Waals surface area contributed by atoms with Crippen LogP contribution in [0, 0.1) is 13.8 Å². The van der Waals surface area contributed by atoms with Crippen molar-refractivity contribution in [2.45, 2.75) is 13.8 Å². The van der Waals surface area contributed by atoms with Crippen molar-refractivity contribution in [2.24, 2.45) is 0 Å². The summed E-state index contributed by atoms with van der Waals surface area (Å²) in [4.78, 5) is 25.4. The van der Waals surface area contributed by atoms with E-state index in [0.29, 0.717) is 16.5 Å². The summed E-state index contributed by atoms with van der Waals surface area (Å²) in [5.74, 6) is 0.0832. The summed E-state index contributed by atoms with van der Waals surface area (Å²) in [5.41, 5.74) is 2.76. The number of amides is 2. The summed E-state index contributed by atoms with van der Waals surface area (Å²) in [5, 5.41) is 3.30. The number of anilines is 1. The number of halogens is 1. The number of carbonyl (C=O) groups excluding carboxylic acids is 2. The first-order chi connectivity index (χ1) is 11.8. The maximum Gasteiger partial charge on any atom is 0.260 e. The number of benzene rings is 2. The van der Waals surface area contributed by atoms with Gasteiger partial charge in [0.25, 0.3) is 5.91 Å². The third-order valence-electron chi connectivity index (χ3n) is 3.49. The van der Waals surface area contributed by atoms with Crippen LogP contribution in [0.5, 0.6) is 5.75 Å². The number of likely N-dealkylation sites (N-methyl/N-ethyl adjacent to an activating group) is 1. The van der Waals surface area contributed by atoms with Gasteiger partial charge in [0, 0.05) is 17.8 Å². The monoisotopic (exact) mass is 360 g/mol. The average Bonchev–Trinajstić information content (AvgIpc) is 2.53. The molecule has 2 rings (SSSR count). The third-order valence-corrected chi connectivity index (χ3v) is 3.74. The number of nitrogens with zero attached hydrogens (tertiary/aromatic N) is 1. The first-order valence-electron chi connectivity index (χ1n) is 7.84. The lowest BCUT2D eigenvalue weighted by Gasteiger charge is -2.17. The van der Waals surface area contributed by atoms with Crippen molar-refractivity contribution in [1.82, 2.24) is 4.90 Å². The van der Waals surface area contributed by atoms with Crippen molar-refractivity contribution in [3.8, 4) is 5.75 Å². The van der Waals surface area contributed by atoms with Crippen LogP contribution in [0.1, 0.15) is 11.1 Å². The molecule has 0 spiro atoms. The van der Waals surface area contributed by atoms with E-state index in [1.54, 1.807) is 31.3 Å². The molecule has 6 heteroatoms. The maximum absolute atomic E-state index is 12.1. The summed E-state index contributed by atoms with van der Waals surface area (Å²) >= 11 is 5.80. The molecular weight excluding hydrogens is 340 g/mol. The predicted molar refractivity (Wildman–Crippen MR) is 99.1 cm³/mol. The molecule has 0 aliphatic heterocycles. The second-order valence-corrected chi connectivity index (χ2v) is 6.35. The second kappa shape index (κ2) is 8.53. The fourth-order valence-electron chi connectivity index (χ4n) is 2.31. The summed E-state index contributed by atoms with van der Waals surface area (Å²) in [6, 6.07) is 12.5. The minimum atomic E-state index is -0.287. The van der Waals surface area contributed by atoms with Gasteiger partial charge >= 0.3 is 0 Å². The van der Waals surface area contributed by atoms with Crippen molar-refractivity contribution in [3.05, 3.63) is 58.6 Å². The van der Waals surface area contributed by atoms with E-state index in [1.165, 1.54) is 4.90 Å². The van der Waals surface area contributed by atoms with Crippen LogP contribution >= 0.6 is 11.6 Å². The highest BCUT2D eigenvalue weighted by molar-refractivity contribution is 6.30. The van der Waals surface area contributed by atoms with Crippen LogP contribution in [0.2, 0.25) is 5.02 Å². The molecule has 0 unspecified atom stereocenters. The molecule has 0 bridgehead atoms. The first kappa shape index (κ1) is 18.8. The van der Waals surface area contributed by atoms with Gasteiger partial charge in [-0.3, -0.25) is 9.59 Å². The van der Waals surface area contributed by atoms with Crippen molar-refractivity contribution in [1.29, 1.82) is 0 Å². The van der Waals surface area contributed by atoms with Crippen LogP contribution in [0.25, 0.3) is 0 Å². The molecule has 0 aromatic heterocycles. The highest BCUT2D eigenvalue weighted by Crippen LogP contribution is 2.16. The molecule has 2 aromatic rings. The van der Waals surface area contributed by atoms with E-state index >= 15 is 0 Å². The van der Waals surface area contributed by atoms with E-state index in [9.17, 15) is 9.59 Å². The Morgan fingerprint density at radius 2 is 1.68 bits per heavy atom. The molecule has 0 aliphatic rings. The highest BCUT2D eigenvalue weighted by atomic mass is 35.5. The Labute approximate surface area is 152 Å². The summed E-state index contributed by atoms with van der Waals surface area (Å²) < 4.78 is 5.53. The van der Waals surface area contributed by atoms with Crippen LogP contribution in [-0.2, 0) is 9.59 Å². The van der Waals surface area contributed by atoms with Crippen LogP contribution < -0.4 is 10.1 Å². The smallest absolute Gasteiger partial charge is 0.260 e. The van der Waals surface area contributed by atoms with E-state index in [-0.39, 0.29) is 25.0 Å². The zero-order valence-electron chi connectivity index (χ0n) is 14.5. The summed E-state index contributed by atoms with van der Waals surface area (Å²) in [6.07, 6.45) is 0. The molecular formula is C19H21ClN2O3. The Morgan fingerprint density at radius 1 is 1.08 bits per heavy atom. The van der Waals surface area contributed by atoms with Gasteiger partial charge in [-0.1, -0.05) is 17.7 Å². The highest BCUT2D eigenvalue weighted by Gasteiger charge is 2.14. The van der Waals surface area contributed by atoms with Crippen LogP contribution in [-0.4, -0.2) is 36.9 Å². The molecule has 132 valence electrons. The number of rotatable bonds is 6. The fourth-order valence-corrected chi connectivity index (χ4v) is 2.43. The van der Waals surface area contributed by atoms with E-state index in [0.717, 1.165) is 11.1 Å². The molecule has 0 aliphatic carbocycles. The van der Waals surface area contributed by atoms with E-state index in [4.69, 9.17) is 16.3 Å². The lowest BCUT2D eigenvalue weighted by atomic mass is 10.1. The zero-order chi connectivity index (χ0) is 18.4. The fraction of sp³-hybridized carbons (Fsp3) is 0.263. The van der Waals surface area contributed by atoms with Crippen molar-refractivity contribution in [2.75, 3.05) is 25.5 Å². The first-order valence-corrected chi connectivity index (χ1v) is 8.22. The molecule has 0 heterocycles. The normalized spacial score (nSPS) is 10.2. The number of ether oxygens (including phenoxy) is 1. The summed E-state index contributed by atoms with van der Waals surface area (Å²) in [7, 11) is 1.56. The van der Waals surface area contributed by atoms with E-state index in [1.807, 2.05) is 32.0 Å². The molecule has 2 amide bonds. The number of hydrogen-bond acceptors (Lipinski definition) is 3. The van der Waals surface area contributed by atoms with Gasteiger partial charge in [0.2, 0.25) is 5.91 Å². The standard InChI is InChI=1S/C19H21ClN2O3/c1-13-8-14(2)10-17(9-13)25-12-19(24)22(3)11-18(23)21-16-6-4-15(20)5-7-16/h4-10H,11-12H2,1-3H3,(H,21,23). The van der Waals surface area contributed by atoms with E-state index < -0.39 is 0 Å². The van der Waals surface area contributed by atoms with E-state index in [2.05, 4.69) is 5.32 Å². The molecule has 2 aromatic carbocycles. The molecule has 0 radical (unpaired) electrons. The molecule has 1 N–H and O–H groups in total. The SMILES string of the molecule is Cc1cc(C)cc(OCC(=O)N(C)CC(=O)Nc2ccc(Cl)cc2)c1. The zero-order valence-corrected chi connectivity index (χ0v) is 15.3. The lowest BCUT2D eigenvalue weighted by Crippen LogP contribution is -2.37. The number of nitrogens with one attached hydrogen (secondary N) is 1. The van der Waals surface area contributed by atoms with Gasteiger partial charge in [-0.15, -0.1) is 0 Å². The molecule has 25 heavy (non-hydrogen) atoms. The molecule has 5 nitrogen and oxygen atoms in total. The topological polar surface area (TPSA) is 58.6 Å². The van der Waals surface area contributed by atoms with Crippen molar-refractivity contribution in [3.63, 3.8) is 0 Å². The van der Waals surface area contributed by atoms with Gasteiger partial charge in [-0.2, -0.15) is 0 Å². The predicted octanol–water partition coefficient (Wildman–Crippen LogP) is 3.43. The van der Waals surface area contributed by atoms with Gasteiger partial charge in [0.1, 0.15) is 5.75 Å². The van der Waals surface area contributed by atoms with Crippen molar-refractivity contribution >= 4 is 29.1 Å². The lowest BCUT2D eigenvalue weighted by molar-refractivity contribution is -0.135.